The summed E-state index contributed by atoms with van der Waals surface area (Å²) in [6, 6.07) is 7.74. The summed E-state index contributed by atoms with van der Waals surface area (Å²) in [6.45, 7) is 2.85. The van der Waals surface area contributed by atoms with Crippen molar-refractivity contribution in [1.29, 1.82) is 0 Å². The van der Waals surface area contributed by atoms with Crippen LogP contribution in [0.5, 0.6) is 11.5 Å². The molecule has 0 saturated heterocycles. The Hall–Kier alpha value is -2.48. The molecule has 1 heterocycles. The Morgan fingerprint density at radius 2 is 2.19 bits per heavy atom. The second kappa shape index (κ2) is 7.34. The molecule has 1 aliphatic heterocycles. The van der Waals surface area contributed by atoms with Crippen molar-refractivity contribution >= 4 is 12.0 Å². The van der Waals surface area contributed by atoms with Crippen LogP contribution >= 0.6 is 0 Å². The van der Waals surface area contributed by atoms with Crippen molar-refractivity contribution in [2.75, 3.05) is 13.3 Å². The predicted molar refractivity (Wildman–Crippen MR) is 77.2 cm³/mol. The summed E-state index contributed by atoms with van der Waals surface area (Å²) < 4.78 is 10.5. The van der Waals surface area contributed by atoms with Gasteiger partial charge in [0.2, 0.25) is 6.79 Å². The van der Waals surface area contributed by atoms with Crippen LogP contribution in [0, 0.1) is 6.07 Å². The summed E-state index contributed by atoms with van der Waals surface area (Å²) >= 11 is 0. The van der Waals surface area contributed by atoms with E-state index in [-0.39, 0.29) is 12.4 Å². The topological polar surface area (TPSA) is 63.0 Å². The van der Waals surface area contributed by atoms with Crippen LogP contribution in [0.15, 0.2) is 23.8 Å². The second-order valence-corrected chi connectivity index (χ2v) is 4.66. The van der Waals surface area contributed by atoms with Crippen molar-refractivity contribution in [3.8, 4) is 17.6 Å². The monoisotopic (exact) mass is 287 g/mol. The number of rotatable bonds is 5. The zero-order valence-corrected chi connectivity index (χ0v) is 11.9. The van der Waals surface area contributed by atoms with Gasteiger partial charge in [0, 0.05) is 6.42 Å². The lowest BCUT2D eigenvalue weighted by molar-refractivity contribution is -0.298. The summed E-state index contributed by atoms with van der Waals surface area (Å²) in [5.41, 5.74) is 0.597. The van der Waals surface area contributed by atoms with E-state index >= 15 is 0 Å². The molecule has 110 valence electrons. The number of fused-ring (bicyclic) bond motifs is 1. The van der Waals surface area contributed by atoms with Crippen molar-refractivity contribution in [1.82, 2.24) is 0 Å². The van der Waals surface area contributed by atoms with Gasteiger partial charge in [-0.2, -0.15) is 0 Å². The number of carboxylic acid groups (broad SMARTS) is 1. The third kappa shape index (κ3) is 4.25. The molecule has 5 heteroatoms. The SMILES string of the molecule is CCCCC[N+]#CC(=Cc1ccc2c(c1)OCO2)C(=O)[O-]. The first-order chi connectivity index (χ1) is 10.2. The zero-order valence-electron chi connectivity index (χ0n) is 11.9. The first kappa shape index (κ1) is 14.9. The lowest BCUT2D eigenvalue weighted by Gasteiger charge is -1.99. The van der Waals surface area contributed by atoms with Crippen LogP contribution in [-0.2, 0) is 4.79 Å². The van der Waals surface area contributed by atoms with Crippen molar-refractivity contribution in [3.63, 3.8) is 0 Å². The second-order valence-electron chi connectivity index (χ2n) is 4.66. The molecule has 5 nitrogen and oxygen atoms in total. The van der Waals surface area contributed by atoms with Crippen molar-refractivity contribution in [3.05, 3.63) is 34.2 Å². The highest BCUT2D eigenvalue weighted by molar-refractivity contribution is 5.95. The molecule has 2 rings (SSSR count). The number of unbranched alkanes of at least 4 members (excludes halogenated alkanes) is 2. The summed E-state index contributed by atoms with van der Waals surface area (Å²) in [4.78, 5) is 15.1. The average molecular weight is 287 g/mol. The molecule has 0 amide bonds. The molecule has 0 fully saturated rings. The summed E-state index contributed by atoms with van der Waals surface area (Å²) in [6.07, 6.45) is 4.54. The molecule has 21 heavy (non-hydrogen) atoms. The van der Waals surface area contributed by atoms with E-state index in [1.165, 1.54) is 6.08 Å². The van der Waals surface area contributed by atoms with Crippen LogP contribution in [0.4, 0.5) is 0 Å². The molecule has 0 aromatic heterocycles. The molecular weight excluding hydrogens is 270 g/mol. The maximum Gasteiger partial charge on any atom is 0.312 e. The standard InChI is InChI=1S/C16H17NO4/c1-2-3-4-7-17-10-13(16(18)19)8-12-5-6-14-15(9-12)21-11-20-14/h5-6,8-9H,2-4,7,11H2,1H3. The Balaban J connectivity index is 2.12. The highest BCUT2D eigenvalue weighted by Crippen LogP contribution is 2.33. The minimum absolute atomic E-state index is 0.0784. The molecule has 0 spiro atoms. The van der Waals surface area contributed by atoms with Gasteiger partial charge in [-0.1, -0.05) is 24.3 Å². The molecular formula is C16H17NO4. The van der Waals surface area contributed by atoms with Crippen LogP contribution in [-0.4, -0.2) is 19.3 Å². The first-order valence-electron chi connectivity index (χ1n) is 6.96. The zero-order chi connectivity index (χ0) is 15.1. The van der Waals surface area contributed by atoms with Crippen molar-refractivity contribution in [2.24, 2.45) is 0 Å². The van der Waals surface area contributed by atoms with Crippen LogP contribution in [0.2, 0.25) is 0 Å². The molecule has 0 bridgehead atoms. The van der Waals surface area contributed by atoms with E-state index in [0.717, 1.165) is 19.3 Å². The largest absolute Gasteiger partial charge is 0.544 e. The van der Waals surface area contributed by atoms with Crippen LogP contribution in [0.1, 0.15) is 31.7 Å². The molecule has 1 aromatic carbocycles. The van der Waals surface area contributed by atoms with Gasteiger partial charge in [-0.3, -0.25) is 0 Å². The van der Waals surface area contributed by atoms with Crippen molar-refractivity contribution < 1.29 is 19.4 Å². The van der Waals surface area contributed by atoms with E-state index in [9.17, 15) is 9.90 Å². The third-order valence-electron chi connectivity index (χ3n) is 3.00. The Kier molecular flexibility index (Phi) is 5.22. The molecule has 1 aromatic rings. The molecule has 0 atom stereocenters. The number of carboxylic acids is 1. The van der Waals surface area contributed by atoms with Crippen LogP contribution in [0.3, 0.4) is 0 Å². The fraction of sp³-hybridized carbons (Fsp3) is 0.375. The number of benzene rings is 1. The smallest absolute Gasteiger partial charge is 0.312 e. The number of nitrogens with zero attached hydrogens (tertiary/aromatic N) is 1. The molecule has 0 unspecified atom stereocenters. The number of hydrogen-bond acceptors (Lipinski definition) is 4. The molecule has 0 radical (unpaired) electrons. The Bertz CT molecular complexity index is 610. The average Bonchev–Trinajstić information content (AvgIpc) is 2.93. The van der Waals surface area contributed by atoms with E-state index in [1.807, 2.05) is 0 Å². The van der Waals surface area contributed by atoms with Gasteiger partial charge >= 0.3 is 6.07 Å². The lowest BCUT2D eigenvalue weighted by Crippen LogP contribution is -2.23. The fourth-order valence-corrected chi connectivity index (χ4v) is 1.89. The van der Waals surface area contributed by atoms with E-state index in [4.69, 9.17) is 9.47 Å². The molecule has 0 saturated carbocycles. The number of carbonyl (C=O) groups excluding carboxylic acids is 1. The van der Waals surface area contributed by atoms with Gasteiger partial charge in [-0.05, 0) is 30.2 Å². The Morgan fingerprint density at radius 1 is 1.38 bits per heavy atom. The van der Waals surface area contributed by atoms with Crippen LogP contribution in [0.25, 0.3) is 10.9 Å². The quantitative estimate of drug-likeness (QED) is 0.472. The molecule has 0 aliphatic carbocycles. The Morgan fingerprint density at radius 3 is 2.95 bits per heavy atom. The number of aliphatic carboxylic acids is 1. The summed E-state index contributed by atoms with van der Waals surface area (Å²) in [5.74, 6) is -0.0485. The maximum absolute atomic E-state index is 11.1. The highest BCUT2D eigenvalue weighted by Gasteiger charge is 2.13. The summed E-state index contributed by atoms with van der Waals surface area (Å²) in [7, 11) is 0. The van der Waals surface area contributed by atoms with Gasteiger partial charge in [-0.15, -0.1) is 0 Å². The van der Waals surface area contributed by atoms with E-state index < -0.39 is 5.97 Å². The lowest BCUT2D eigenvalue weighted by atomic mass is 10.1. The normalized spacial score (nSPS) is 12.7. The fourth-order valence-electron chi connectivity index (χ4n) is 1.89. The van der Waals surface area contributed by atoms with Gasteiger partial charge in [-0.25, -0.2) is 0 Å². The van der Waals surface area contributed by atoms with Gasteiger partial charge in [0.1, 0.15) is 5.57 Å². The number of ether oxygens (including phenoxy) is 2. The van der Waals surface area contributed by atoms with E-state index in [0.29, 0.717) is 23.6 Å². The minimum Gasteiger partial charge on any atom is -0.544 e. The number of hydrogen-bond donors (Lipinski definition) is 0. The third-order valence-corrected chi connectivity index (χ3v) is 3.00. The molecule has 1 aliphatic rings. The minimum atomic E-state index is -1.30. The van der Waals surface area contributed by atoms with Gasteiger partial charge in [0.05, 0.1) is 5.97 Å². The van der Waals surface area contributed by atoms with Crippen LogP contribution < -0.4 is 14.6 Å². The van der Waals surface area contributed by atoms with E-state index in [2.05, 4.69) is 17.8 Å². The Labute approximate surface area is 123 Å². The predicted octanol–water partition coefficient (Wildman–Crippen LogP) is 2.07. The van der Waals surface area contributed by atoms with Gasteiger partial charge < -0.3 is 19.4 Å². The van der Waals surface area contributed by atoms with E-state index in [1.54, 1.807) is 18.2 Å². The summed E-state index contributed by atoms with van der Waals surface area (Å²) in [5, 5.41) is 11.1. The maximum atomic E-state index is 11.1. The van der Waals surface area contributed by atoms with Gasteiger partial charge in [0.15, 0.2) is 11.5 Å². The first-order valence-corrected chi connectivity index (χ1v) is 6.96. The van der Waals surface area contributed by atoms with Crippen molar-refractivity contribution in [2.45, 2.75) is 26.2 Å². The molecule has 0 N–H and O–H groups in total. The highest BCUT2D eigenvalue weighted by atomic mass is 16.7. The van der Waals surface area contributed by atoms with Gasteiger partial charge in [0.25, 0.3) is 6.54 Å². The number of carbonyl (C=O) groups is 1.